The minimum absolute atomic E-state index is 0.0445. The molecule has 21 heavy (non-hydrogen) atoms. The van der Waals surface area contributed by atoms with Crippen LogP contribution in [0.15, 0.2) is 22.6 Å². The van der Waals surface area contributed by atoms with Crippen LogP contribution in [0, 0.1) is 5.92 Å². The first-order chi connectivity index (χ1) is 10.1. The van der Waals surface area contributed by atoms with Crippen molar-refractivity contribution in [1.29, 1.82) is 0 Å². The lowest BCUT2D eigenvalue weighted by Crippen LogP contribution is -2.43. The molecule has 0 unspecified atom stereocenters. The highest BCUT2D eigenvalue weighted by Gasteiger charge is 2.23. The Labute approximate surface area is 127 Å². The van der Waals surface area contributed by atoms with Crippen molar-refractivity contribution in [2.75, 3.05) is 0 Å². The molecular formula is C15H19N3O2S. The summed E-state index contributed by atoms with van der Waals surface area (Å²) in [6.07, 6.45) is 6.06. The predicted molar refractivity (Wildman–Crippen MR) is 83.4 cm³/mol. The molecule has 3 rings (SSSR count). The van der Waals surface area contributed by atoms with Crippen LogP contribution >= 0.6 is 11.3 Å². The average Bonchev–Trinajstić information content (AvgIpc) is 2.94. The van der Waals surface area contributed by atoms with Gasteiger partial charge in [-0.1, -0.05) is 19.8 Å². The van der Waals surface area contributed by atoms with Crippen LogP contribution in [0.4, 0.5) is 0 Å². The molecule has 1 fully saturated rings. The number of thiophene rings is 1. The fraction of sp³-hybridized carbons (Fsp3) is 0.533. The zero-order valence-electron chi connectivity index (χ0n) is 12.0. The SMILES string of the molecule is C[C@@H]1CCCC[C@@H]1NC(=O)Cn1cnc2ccsc2c1=O. The molecule has 2 aromatic rings. The van der Waals surface area contributed by atoms with Gasteiger partial charge in [-0.15, -0.1) is 11.3 Å². The molecule has 5 nitrogen and oxygen atoms in total. The number of fused-ring (bicyclic) bond motifs is 1. The van der Waals surface area contributed by atoms with Gasteiger partial charge in [0.25, 0.3) is 5.56 Å². The van der Waals surface area contributed by atoms with E-state index in [4.69, 9.17) is 0 Å². The molecule has 2 heterocycles. The van der Waals surface area contributed by atoms with Crippen LogP contribution in [-0.4, -0.2) is 21.5 Å². The molecule has 112 valence electrons. The second-order valence-corrected chi connectivity index (χ2v) is 6.66. The molecule has 0 aromatic carbocycles. The van der Waals surface area contributed by atoms with Crippen molar-refractivity contribution < 1.29 is 4.79 Å². The van der Waals surface area contributed by atoms with E-state index in [1.54, 1.807) is 0 Å². The van der Waals surface area contributed by atoms with Gasteiger partial charge < -0.3 is 5.32 Å². The van der Waals surface area contributed by atoms with Crippen molar-refractivity contribution in [2.24, 2.45) is 5.92 Å². The average molecular weight is 305 g/mol. The third-order valence-corrected chi connectivity index (χ3v) is 5.10. The summed E-state index contributed by atoms with van der Waals surface area (Å²) in [5, 5.41) is 4.90. The zero-order valence-corrected chi connectivity index (χ0v) is 12.9. The van der Waals surface area contributed by atoms with Gasteiger partial charge in [0.2, 0.25) is 5.91 Å². The largest absolute Gasteiger partial charge is 0.352 e. The van der Waals surface area contributed by atoms with E-state index < -0.39 is 0 Å². The molecule has 1 saturated carbocycles. The number of nitrogens with one attached hydrogen (secondary N) is 1. The third kappa shape index (κ3) is 3.00. The van der Waals surface area contributed by atoms with Crippen LogP contribution in [0.5, 0.6) is 0 Å². The monoisotopic (exact) mass is 305 g/mol. The third-order valence-electron chi connectivity index (χ3n) is 4.21. The van der Waals surface area contributed by atoms with E-state index in [0.29, 0.717) is 16.1 Å². The quantitative estimate of drug-likeness (QED) is 0.945. The molecule has 1 aliphatic carbocycles. The summed E-state index contributed by atoms with van der Waals surface area (Å²) in [4.78, 5) is 28.6. The topological polar surface area (TPSA) is 64.0 Å². The molecule has 1 N–H and O–H groups in total. The Kier molecular flexibility index (Phi) is 4.05. The number of hydrogen-bond acceptors (Lipinski definition) is 4. The molecule has 0 aliphatic heterocycles. The highest BCUT2D eigenvalue weighted by Crippen LogP contribution is 2.23. The summed E-state index contributed by atoms with van der Waals surface area (Å²) in [6, 6.07) is 2.05. The van der Waals surface area contributed by atoms with Crippen LogP contribution < -0.4 is 10.9 Å². The molecule has 1 aliphatic rings. The number of hydrogen-bond donors (Lipinski definition) is 1. The molecular weight excluding hydrogens is 286 g/mol. The molecule has 2 aromatic heterocycles. The number of carbonyl (C=O) groups is 1. The van der Waals surface area contributed by atoms with Crippen LogP contribution in [0.1, 0.15) is 32.6 Å². The van der Waals surface area contributed by atoms with E-state index in [1.807, 2.05) is 11.4 Å². The summed E-state index contributed by atoms with van der Waals surface area (Å²) in [7, 11) is 0. The number of nitrogens with zero attached hydrogens (tertiary/aromatic N) is 2. The number of amides is 1. The van der Waals surface area contributed by atoms with Crippen molar-refractivity contribution in [2.45, 2.75) is 45.2 Å². The molecule has 0 radical (unpaired) electrons. The second-order valence-electron chi connectivity index (χ2n) is 5.75. The number of carbonyl (C=O) groups excluding carboxylic acids is 1. The van der Waals surface area contributed by atoms with E-state index in [1.165, 1.54) is 28.7 Å². The molecule has 0 spiro atoms. The zero-order chi connectivity index (χ0) is 14.8. The second kappa shape index (κ2) is 5.97. The van der Waals surface area contributed by atoms with Gasteiger partial charge in [0.1, 0.15) is 11.2 Å². The molecule has 0 bridgehead atoms. The number of rotatable bonds is 3. The Balaban J connectivity index is 1.71. The fourth-order valence-electron chi connectivity index (χ4n) is 2.93. The molecule has 0 saturated heterocycles. The van der Waals surface area contributed by atoms with Crippen molar-refractivity contribution in [3.63, 3.8) is 0 Å². The van der Waals surface area contributed by atoms with E-state index in [2.05, 4.69) is 17.2 Å². The van der Waals surface area contributed by atoms with Gasteiger partial charge in [-0.2, -0.15) is 0 Å². The molecule has 1 amide bonds. The van der Waals surface area contributed by atoms with Crippen molar-refractivity contribution in [3.05, 3.63) is 28.1 Å². The first-order valence-electron chi connectivity index (χ1n) is 7.37. The van der Waals surface area contributed by atoms with Gasteiger partial charge in [0, 0.05) is 6.04 Å². The lowest BCUT2D eigenvalue weighted by Gasteiger charge is -2.29. The summed E-state index contributed by atoms with van der Waals surface area (Å²) < 4.78 is 2.00. The summed E-state index contributed by atoms with van der Waals surface area (Å²) in [5.41, 5.74) is 0.560. The number of aromatic nitrogens is 2. The summed E-state index contributed by atoms with van der Waals surface area (Å²) >= 11 is 1.36. The van der Waals surface area contributed by atoms with Gasteiger partial charge in [-0.25, -0.2) is 4.98 Å². The lowest BCUT2D eigenvalue weighted by atomic mass is 9.86. The fourth-order valence-corrected chi connectivity index (χ4v) is 3.72. The smallest absolute Gasteiger partial charge is 0.271 e. The maximum atomic E-state index is 12.2. The predicted octanol–water partition coefficient (Wildman–Crippen LogP) is 2.15. The standard InChI is InChI=1S/C15H19N3O2S/c1-10-4-2-3-5-11(10)17-13(19)8-18-9-16-12-6-7-21-14(12)15(18)20/h6-7,9-11H,2-5,8H2,1H3,(H,17,19)/t10-,11+/m1/s1. The highest BCUT2D eigenvalue weighted by atomic mass is 32.1. The summed E-state index contributed by atoms with van der Waals surface area (Å²) in [5.74, 6) is 0.408. The summed E-state index contributed by atoms with van der Waals surface area (Å²) in [6.45, 7) is 2.22. The van der Waals surface area contributed by atoms with Crippen LogP contribution in [0.25, 0.3) is 10.2 Å². The Morgan fingerprint density at radius 3 is 3.10 bits per heavy atom. The Morgan fingerprint density at radius 2 is 2.29 bits per heavy atom. The van der Waals surface area contributed by atoms with Crippen molar-refractivity contribution in [1.82, 2.24) is 14.9 Å². The first kappa shape index (κ1) is 14.3. The van der Waals surface area contributed by atoms with Crippen LogP contribution in [-0.2, 0) is 11.3 Å². The Hall–Kier alpha value is -1.69. The van der Waals surface area contributed by atoms with Gasteiger partial charge in [-0.05, 0) is 30.2 Å². The van der Waals surface area contributed by atoms with Crippen molar-refractivity contribution >= 4 is 27.5 Å². The van der Waals surface area contributed by atoms with Crippen LogP contribution in [0.3, 0.4) is 0 Å². The minimum atomic E-state index is -0.137. The normalized spacial score (nSPS) is 22.3. The Bertz CT molecular complexity index is 706. The molecule has 2 atom stereocenters. The van der Waals surface area contributed by atoms with E-state index in [0.717, 1.165) is 19.3 Å². The van der Waals surface area contributed by atoms with Gasteiger partial charge in [0.05, 0.1) is 11.8 Å². The van der Waals surface area contributed by atoms with E-state index in [9.17, 15) is 9.59 Å². The maximum absolute atomic E-state index is 12.2. The van der Waals surface area contributed by atoms with E-state index >= 15 is 0 Å². The maximum Gasteiger partial charge on any atom is 0.271 e. The molecule has 6 heteroatoms. The van der Waals surface area contributed by atoms with Gasteiger partial charge >= 0.3 is 0 Å². The first-order valence-corrected chi connectivity index (χ1v) is 8.25. The van der Waals surface area contributed by atoms with Crippen LogP contribution in [0.2, 0.25) is 0 Å². The lowest BCUT2D eigenvalue weighted by molar-refractivity contribution is -0.123. The Morgan fingerprint density at radius 1 is 1.48 bits per heavy atom. The van der Waals surface area contributed by atoms with Gasteiger partial charge in [-0.3, -0.25) is 14.2 Å². The van der Waals surface area contributed by atoms with Crippen molar-refractivity contribution in [3.8, 4) is 0 Å². The van der Waals surface area contributed by atoms with E-state index in [-0.39, 0.29) is 24.1 Å². The minimum Gasteiger partial charge on any atom is -0.352 e. The van der Waals surface area contributed by atoms with Gasteiger partial charge in [0.15, 0.2) is 0 Å². The highest BCUT2D eigenvalue weighted by molar-refractivity contribution is 7.17.